The standard InChI is InChI=1S/C12H11N3O3/c1-17-9-3-2-4-10(5-9)18-12-14-6-8(7-15-12)11(13)16/h2-7H,1H3,(H2,13,16). The Balaban J connectivity index is 2.15. The number of aromatic nitrogens is 2. The van der Waals surface area contributed by atoms with Crippen LogP contribution in [0.2, 0.25) is 0 Å². The van der Waals surface area contributed by atoms with Crippen molar-refractivity contribution in [1.82, 2.24) is 9.97 Å². The lowest BCUT2D eigenvalue weighted by molar-refractivity contribution is 0.0999. The van der Waals surface area contributed by atoms with Gasteiger partial charge in [-0.1, -0.05) is 6.07 Å². The molecule has 1 aromatic carbocycles. The fourth-order valence-corrected chi connectivity index (χ4v) is 1.27. The molecule has 0 fully saturated rings. The summed E-state index contributed by atoms with van der Waals surface area (Å²) >= 11 is 0. The van der Waals surface area contributed by atoms with Gasteiger partial charge in [0.15, 0.2) is 0 Å². The fourth-order valence-electron chi connectivity index (χ4n) is 1.27. The molecule has 0 spiro atoms. The number of amides is 1. The second-order valence-corrected chi connectivity index (χ2v) is 3.40. The van der Waals surface area contributed by atoms with Crippen molar-refractivity contribution in [2.24, 2.45) is 5.73 Å². The number of rotatable bonds is 4. The van der Waals surface area contributed by atoms with E-state index in [1.54, 1.807) is 31.4 Å². The van der Waals surface area contributed by atoms with Gasteiger partial charge in [-0.2, -0.15) is 0 Å². The van der Waals surface area contributed by atoms with Gasteiger partial charge >= 0.3 is 6.01 Å². The van der Waals surface area contributed by atoms with Gasteiger partial charge in [0, 0.05) is 18.5 Å². The Labute approximate surface area is 103 Å². The van der Waals surface area contributed by atoms with Gasteiger partial charge in [0.1, 0.15) is 11.5 Å². The van der Waals surface area contributed by atoms with Crippen molar-refractivity contribution in [3.05, 3.63) is 42.2 Å². The molecule has 1 amide bonds. The highest BCUT2D eigenvalue weighted by atomic mass is 16.5. The molecule has 6 heteroatoms. The Hall–Kier alpha value is -2.63. The fraction of sp³-hybridized carbons (Fsp3) is 0.0833. The molecule has 0 atom stereocenters. The van der Waals surface area contributed by atoms with Gasteiger partial charge in [-0.25, -0.2) is 9.97 Å². The molecule has 2 aromatic rings. The van der Waals surface area contributed by atoms with Crippen molar-refractivity contribution in [2.45, 2.75) is 0 Å². The molecule has 2 rings (SSSR count). The summed E-state index contributed by atoms with van der Waals surface area (Å²) in [5, 5.41) is 0. The Kier molecular flexibility index (Phi) is 3.38. The lowest BCUT2D eigenvalue weighted by atomic mass is 10.3. The molecule has 92 valence electrons. The van der Waals surface area contributed by atoms with E-state index < -0.39 is 5.91 Å². The smallest absolute Gasteiger partial charge is 0.321 e. The highest BCUT2D eigenvalue weighted by Gasteiger charge is 2.04. The van der Waals surface area contributed by atoms with E-state index >= 15 is 0 Å². The molecule has 18 heavy (non-hydrogen) atoms. The highest BCUT2D eigenvalue weighted by Crippen LogP contribution is 2.22. The van der Waals surface area contributed by atoms with E-state index in [9.17, 15) is 4.79 Å². The number of hydrogen-bond donors (Lipinski definition) is 1. The monoisotopic (exact) mass is 245 g/mol. The number of benzene rings is 1. The van der Waals surface area contributed by atoms with Crippen molar-refractivity contribution < 1.29 is 14.3 Å². The molecule has 0 aliphatic rings. The van der Waals surface area contributed by atoms with Crippen LogP contribution in [0, 0.1) is 0 Å². The van der Waals surface area contributed by atoms with Gasteiger partial charge in [-0.05, 0) is 12.1 Å². The number of carbonyl (C=O) groups excluding carboxylic acids is 1. The maximum atomic E-state index is 10.8. The average molecular weight is 245 g/mol. The minimum Gasteiger partial charge on any atom is -0.497 e. The molecule has 0 unspecified atom stereocenters. The lowest BCUT2D eigenvalue weighted by Gasteiger charge is -2.05. The zero-order chi connectivity index (χ0) is 13.0. The first kappa shape index (κ1) is 11.8. The van der Waals surface area contributed by atoms with E-state index in [-0.39, 0.29) is 11.6 Å². The third kappa shape index (κ3) is 2.73. The quantitative estimate of drug-likeness (QED) is 0.879. The van der Waals surface area contributed by atoms with Crippen LogP contribution >= 0.6 is 0 Å². The highest BCUT2D eigenvalue weighted by molar-refractivity contribution is 5.92. The van der Waals surface area contributed by atoms with E-state index in [1.165, 1.54) is 12.4 Å². The Bertz CT molecular complexity index is 555. The van der Waals surface area contributed by atoms with Crippen LogP contribution in [0.25, 0.3) is 0 Å². The van der Waals surface area contributed by atoms with Gasteiger partial charge < -0.3 is 15.2 Å². The number of hydrogen-bond acceptors (Lipinski definition) is 5. The summed E-state index contributed by atoms with van der Waals surface area (Å²) in [6, 6.07) is 7.16. The van der Waals surface area contributed by atoms with Gasteiger partial charge in [-0.3, -0.25) is 4.79 Å². The van der Waals surface area contributed by atoms with Crippen LogP contribution in [0.4, 0.5) is 0 Å². The van der Waals surface area contributed by atoms with Gasteiger partial charge in [0.05, 0.1) is 12.7 Å². The third-order valence-corrected chi connectivity index (χ3v) is 2.16. The van der Waals surface area contributed by atoms with Crippen LogP contribution in [0.15, 0.2) is 36.7 Å². The Morgan fingerprint density at radius 3 is 2.50 bits per heavy atom. The van der Waals surface area contributed by atoms with E-state index in [4.69, 9.17) is 15.2 Å². The first-order valence-electron chi connectivity index (χ1n) is 5.13. The first-order valence-corrected chi connectivity index (χ1v) is 5.13. The zero-order valence-corrected chi connectivity index (χ0v) is 9.66. The van der Waals surface area contributed by atoms with Crippen LogP contribution in [-0.2, 0) is 0 Å². The number of ether oxygens (including phenoxy) is 2. The van der Waals surface area contributed by atoms with Crippen LogP contribution < -0.4 is 15.2 Å². The molecule has 6 nitrogen and oxygen atoms in total. The van der Waals surface area contributed by atoms with Gasteiger partial charge in [-0.15, -0.1) is 0 Å². The number of nitrogens with two attached hydrogens (primary N) is 1. The van der Waals surface area contributed by atoms with E-state index in [0.717, 1.165) is 0 Å². The molecular formula is C12H11N3O3. The topological polar surface area (TPSA) is 87.3 Å². The summed E-state index contributed by atoms with van der Waals surface area (Å²) in [5.41, 5.74) is 5.31. The van der Waals surface area contributed by atoms with E-state index in [2.05, 4.69) is 9.97 Å². The van der Waals surface area contributed by atoms with Crippen LogP contribution in [0.5, 0.6) is 17.5 Å². The predicted molar refractivity (Wildman–Crippen MR) is 63.6 cm³/mol. The van der Waals surface area contributed by atoms with Gasteiger partial charge in [0.2, 0.25) is 0 Å². The maximum absolute atomic E-state index is 10.8. The third-order valence-electron chi connectivity index (χ3n) is 2.16. The Morgan fingerprint density at radius 1 is 1.22 bits per heavy atom. The summed E-state index contributed by atoms with van der Waals surface area (Å²) in [6.45, 7) is 0. The molecule has 2 N–H and O–H groups in total. The Morgan fingerprint density at radius 2 is 1.89 bits per heavy atom. The molecule has 0 bridgehead atoms. The number of carbonyl (C=O) groups is 1. The number of nitrogens with zero attached hydrogens (tertiary/aromatic N) is 2. The molecule has 0 saturated carbocycles. The molecule has 1 aromatic heterocycles. The molecule has 0 aliphatic carbocycles. The maximum Gasteiger partial charge on any atom is 0.321 e. The first-order chi connectivity index (χ1) is 8.69. The van der Waals surface area contributed by atoms with Crippen molar-refractivity contribution in [2.75, 3.05) is 7.11 Å². The number of methoxy groups -OCH3 is 1. The normalized spacial score (nSPS) is 9.83. The minimum atomic E-state index is -0.581. The van der Waals surface area contributed by atoms with Crippen molar-refractivity contribution in [1.29, 1.82) is 0 Å². The van der Waals surface area contributed by atoms with Crippen LogP contribution in [0.3, 0.4) is 0 Å². The van der Waals surface area contributed by atoms with Crippen molar-refractivity contribution in [3.63, 3.8) is 0 Å². The van der Waals surface area contributed by atoms with Gasteiger partial charge in [0.25, 0.3) is 5.91 Å². The summed E-state index contributed by atoms with van der Waals surface area (Å²) in [7, 11) is 1.57. The second kappa shape index (κ2) is 5.13. The summed E-state index contributed by atoms with van der Waals surface area (Å²) in [5.74, 6) is 0.630. The zero-order valence-electron chi connectivity index (χ0n) is 9.66. The summed E-state index contributed by atoms with van der Waals surface area (Å²) in [6.07, 6.45) is 2.62. The SMILES string of the molecule is COc1cccc(Oc2ncc(C(N)=O)cn2)c1. The molecule has 1 heterocycles. The number of primary amides is 1. The molecule has 0 aliphatic heterocycles. The average Bonchev–Trinajstić information content (AvgIpc) is 2.39. The van der Waals surface area contributed by atoms with E-state index in [1.807, 2.05) is 0 Å². The van der Waals surface area contributed by atoms with Crippen LogP contribution in [0.1, 0.15) is 10.4 Å². The summed E-state index contributed by atoms with van der Waals surface area (Å²) < 4.78 is 10.5. The van der Waals surface area contributed by atoms with E-state index in [0.29, 0.717) is 11.5 Å². The molecular weight excluding hydrogens is 234 g/mol. The van der Waals surface area contributed by atoms with Crippen molar-refractivity contribution in [3.8, 4) is 17.5 Å². The van der Waals surface area contributed by atoms with Crippen LogP contribution in [-0.4, -0.2) is 23.0 Å². The minimum absolute atomic E-state index is 0.133. The predicted octanol–water partition coefficient (Wildman–Crippen LogP) is 1.38. The molecule has 0 radical (unpaired) electrons. The van der Waals surface area contributed by atoms with Crippen molar-refractivity contribution >= 4 is 5.91 Å². The largest absolute Gasteiger partial charge is 0.497 e. The lowest BCUT2D eigenvalue weighted by Crippen LogP contribution is -2.11. The summed E-state index contributed by atoms with van der Waals surface area (Å²) in [4.78, 5) is 18.6. The second-order valence-electron chi connectivity index (χ2n) is 3.40. The molecule has 0 saturated heterocycles.